The molecule has 0 aliphatic heterocycles. The Kier molecular flexibility index (Phi) is 2.99. The average molecular weight is 209 g/mol. The zero-order valence-corrected chi connectivity index (χ0v) is 8.59. The van der Waals surface area contributed by atoms with Gasteiger partial charge in [-0.15, -0.1) is 5.10 Å². The summed E-state index contributed by atoms with van der Waals surface area (Å²) in [4.78, 5) is 10.4. The van der Waals surface area contributed by atoms with Gasteiger partial charge in [-0.25, -0.2) is 4.68 Å². The first-order chi connectivity index (χ1) is 7.25. The van der Waals surface area contributed by atoms with Crippen LogP contribution in [0.5, 0.6) is 0 Å². The number of carbonyl (C=O) groups is 1. The van der Waals surface area contributed by atoms with Crippen LogP contribution < -0.4 is 0 Å². The van der Waals surface area contributed by atoms with Gasteiger partial charge in [0.05, 0.1) is 18.2 Å². The molecule has 0 amide bonds. The fourth-order valence-electron chi connectivity index (χ4n) is 2.01. The summed E-state index contributed by atoms with van der Waals surface area (Å²) in [6.45, 7) is 0. The van der Waals surface area contributed by atoms with Crippen LogP contribution in [0.3, 0.4) is 0 Å². The molecule has 1 aliphatic carbocycles. The minimum Gasteiger partial charge on any atom is -0.481 e. The molecule has 5 heteroatoms. The molecule has 1 N–H and O–H groups in total. The van der Waals surface area contributed by atoms with E-state index in [-0.39, 0.29) is 6.42 Å². The first kappa shape index (κ1) is 10.1. The van der Waals surface area contributed by atoms with E-state index in [1.807, 2.05) is 10.9 Å². The van der Waals surface area contributed by atoms with Crippen molar-refractivity contribution < 1.29 is 9.90 Å². The molecule has 15 heavy (non-hydrogen) atoms. The Labute approximate surface area is 88.1 Å². The van der Waals surface area contributed by atoms with Crippen LogP contribution in [-0.4, -0.2) is 26.1 Å². The van der Waals surface area contributed by atoms with E-state index in [9.17, 15) is 4.79 Å². The van der Waals surface area contributed by atoms with Gasteiger partial charge in [0, 0.05) is 12.6 Å². The zero-order chi connectivity index (χ0) is 10.7. The molecule has 0 bridgehead atoms. The van der Waals surface area contributed by atoms with Crippen LogP contribution in [0.4, 0.5) is 0 Å². The second-order valence-corrected chi connectivity index (χ2v) is 4.02. The molecule has 1 heterocycles. The fourth-order valence-corrected chi connectivity index (χ4v) is 2.01. The van der Waals surface area contributed by atoms with Crippen LogP contribution in [0.15, 0.2) is 6.20 Å². The number of aromatic nitrogens is 3. The summed E-state index contributed by atoms with van der Waals surface area (Å²) in [6, 6.07) is 0.482. The summed E-state index contributed by atoms with van der Waals surface area (Å²) < 4.78 is 1.89. The monoisotopic (exact) mass is 209 g/mol. The average Bonchev–Trinajstić information content (AvgIpc) is 2.85. The van der Waals surface area contributed by atoms with Gasteiger partial charge in [-0.05, 0) is 12.8 Å². The lowest BCUT2D eigenvalue weighted by molar-refractivity contribution is -0.136. The predicted octanol–water partition coefficient (Wildman–Crippen LogP) is 1.41. The molecule has 0 spiro atoms. The fraction of sp³-hybridized carbons (Fsp3) is 0.700. The maximum atomic E-state index is 10.4. The Hall–Kier alpha value is -1.39. The van der Waals surface area contributed by atoms with Crippen LogP contribution in [-0.2, 0) is 11.2 Å². The Bertz CT molecular complexity index is 342. The molecular formula is C10H15N3O2. The molecule has 0 radical (unpaired) electrons. The van der Waals surface area contributed by atoms with Crippen molar-refractivity contribution >= 4 is 5.97 Å². The quantitative estimate of drug-likeness (QED) is 0.814. The number of carboxylic acids is 1. The van der Waals surface area contributed by atoms with Gasteiger partial charge in [0.25, 0.3) is 0 Å². The highest BCUT2D eigenvalue weighted by Crippen LogP contribution is 2.28. The summed E-state index contributed by atoms with van der Waals surface area (Å²) >= 11 is 0. The lowest BCUT2D eigenvalue weighted by Gasteiger charge is -2.06. The summed E-state index contributed by atoms with van der Waals surface area (Å²) in [7, 11) is 0. The van der Waals surface area contributed by atoms with E-state index in [2.05, 4.69) is 10.3 Å². The van der Waals surface area contributed by atoms with Crippen molar-refractivity contribution in [1.29, 1.82) is 0 Å². The van der Waals surface area contributed by atoms with E-state index in [0.717, 1.165) is 5.69 Å². The summed E-state index contributed by atoms with van der Waals surface area (Å²) in [6.07, 6.45) is 7.35. The molecule has 1 aromatic heterocycles. The van der Waals surface area contributed by atoms with Gasteiger partial charge in [-0.1, -0.05) is 18.1 Å². The third-order valence-corrected chi connectivity index (χ3v) is 2.85. The molecule has 1 saturated carbocycles. The third kappa shape index (κ3) is 2.55. The number of rotatable bonds is 4. The number of nitrogens with zero attached hydrogens (tertiary/aromatic N) is 3. The summed E-state index contributed by atoms with van der Waals surface area (Å²) in [5, 5.41) is 16.6. The smallest absolute Gasteiger partial charge is 0.303 e. The van der Waals surface area contributed by atoms with Crippen LogP contribution in [0.1, 0.15) is 43.8 Å². The Balaban J connectivity index is 1.94. The third-order valence-electron chi connectivity index (χ3n) is 2.85. The maximum Gasteiger partial charge on any atom is 0.303 e. The molecule has 0 aromatic carbocycles. The second-order valence-electron chi connectivity index (χ2n) is 4.02. The van der Waals surface area contributed by atoms with Gasteiger partial charge >= 0.3 is 5.97 Å². The predicted molar refractivity (Wildman–Crippen MR) is 53.5 cm³/mol. The summed E-state index contributed by atoms with van der Waals surface area (Å²) in [5.41, 5.74) is 0.782. The highest BCUT2D eigenvalue weighted by Gasteiger charge is 2.18. The number of aliphatic carboxylic acids is 1. The molecule has 0 unspecified atom stereocenters. The van der Waals surface area contributed by atoms with Crippen molar-refractivity contribution in [1.82, 2.24) is 15.0 Å². The van der Waals surface area contributed by atoms with E-state index in [0.29, 0.717) is 12.5 Å². The zero-order valence-electron chi connectivity index (χ0n) is 8.59. The maximum absolute atomic E-state index is 10.4. The Morgan fingerprint density at radius 3 is 2.93 bits per heavy atom. The van der Waals surface area contributed by atoms with Gasteiger partial charge in [-0.3, -0.25) is 4.79 Å². The van der Waals surface area contributed by atoms with Crippen molar-refractivity contribution in [2.24, 2.45) is 0 Å². The van der Waals surface area contributed by atoms with E-state index in [1.165, 1.54) is 25.7 Å². The van der Waals surface area contributed by atoms with Crippen molar-refractivity contribution in [3.8, 4) is 0 Å². The highest BCUT2D eigenvalue weighted by molar-refractivity contribution is 5.66. The van der Waals surface area contributed by atoms with Crippen molar-refractivity contribution in [2.45, 2.75) is 44.6 Å². The van der Waals surface area contributed by atoms with Crippen LogP contribution in [0.25, 0.3) is 0 Å². The van der Waals surface area contributed by atoms with Crippen molar-refractivity contribution in [3.63, 3.8) is 0 Å². The molecule has 2 rings (SSSR count). The highest BCUT2D eigenvalue weighted by atomic mass is 16.4. The van der Waals surface area contributed by atoms with E-state index in [1.54, 1.807) is 0 Å². The number of carboxylic acid groups (broad SMARTS) is 1. The van der Waals surface area contributed by atoms with E-state index < -0.39 is 5.97 Å². The molecule has 5 nitrogen and oxygen atoms in total. The van der Waals surface area contributed by atoms with Gasteiger partial charge in [0.2, 0.25) is 0 Å². The number of hydrogen-bond donors (Lipinski definition) is 1. The van der Waals surface area contributed by atoms with E-state index in [4.69, 9.17) is 5.11 Å². The molecular weight excluding hydrogens is 194 g/mol. The summed E-state index contributed by atoms with van der Waals surface area (Å²) in [5.74, 6) is -0.787. The molecule has 0 atom stereocenters. The van der Waals surface area contributed by atoms with E-state index >= 15 is 0 Å². The topological polar surface area (TPSA) is 68.0 Å². The van der Waals surface area contributed by atoms with Gasteiger partial charge < -0.3 is 5.11 Å². The van der Waals surface area contributed by atoms with Crippen molar-refractivity contribution in [2.75, 3.05) is 0 Å². The van der Waals surface area contributed by atoms with Crippen LogP contribution in [0.2, 0.25) is 0 Å². The normalized spacial score (nSPS) is 17.1. The molecule has 1 aromatic rings. The first-order valence-electron chi connectivity index (χ1n) is 5.38. The molecule has 1 fully saturated rings. The minimum absolute atomic E-state index is 0.128. The second kappa shape index (κ2) is 4.42. The van der Waals surface area contributed by atoms with Gasteiger partial charge in [0.15, 0.2) is 0 Å². The molecule has 1 aliphatic rings. The Morgan fingerprint density at radius 1 is 1.53 bits per heavy atom. The number of hydrogen-bond acceptors (Lipinski definition) is 3. The Morgan fingerprint density at radius 2 is 2.27 bits per heavy atom. The van der Waals surface area contributed by atoms with Crippen LogP contribution in [0, 0.1) is 0 Å². The molecule has 82 valence electrons. The molecule has 0 saturated heterocycles. The van der Waals surface area contributed by atoms with Gasteiger partial charge in [0.1, 0.15) is 0 Å². The largest absolute Gasteiger partial charge is 0.481 e. The standard InChI is InChI=1S/C10H15N3O2/c14-10(15)6-5-8-7-13(12-11-8)9-3-1-2-4-9/h7,9H,1-6H2,(H,14,15). The number of aryl methyl sites for hydroxylation is 1. The first-order valence-corrected chi connectivity index (χ1v) is 5.38. The SMILES string of the molecule is O=C(O)CCc1cn(C2CCCC2)nn1. The van der Waals surface area contributed by atoms with Crippen molar-refractivity contribution in [3.05, 3.63) is 11.9 Å². The lowest BCUT2D eigenvalue weighted by Crippen LogP contribution is -2.04. The lowest BCUT2D eigenvalue weighted by atomic mass is 10.2. The van der Waals surface area contributed by atoms with Crippen LogP contribution >= 0.6 is 0 Å². The minimum atomic E-state index is -0.787. The van der Waals surface area contributed by atoms with Gasteiger partial charge in [-0.2, -0.15) is 0 Å².